The number of halogens is 1. The molecule has 8 nitrogen and oxygen atoms in total. The van der Waals surface area contributed by atoms with Gasteiger partial charge in [0, 0.05) is 24.0 Å². The SMILES string of the molecule is COc1cc(C2C3=CCC4C(=O)N(CCc5ccc(O)cc5)C(=O)C4C3CC3C(=O)C(c4ccccc4)=CC(=O)C32c2ccccc2)cc(Cl)c1O. The Balaban J connectivity index is 1.30. The molecule has 3 aliphatic carbocycles. The van der Waals surface area contributed by atoms with Crippen LogP contribution >= 0.6 is 11.6 Å². The summed E-state index contributed by atoms with van der Waals surface area (Å²) < 4.78 is 5.54. The summed E-state index contributed by atoms with van der Waals surface area (Å²) in [6, 6.07) is 28.4. The molecule has 2 N–H and O–H groups in total. The first-order valence-corrected chi connectivity index (χ1v) is 17.8. The summed E-state index contributed by atoms with van der Waals surface area (Å²) in [5.74, 6) is -4.56. The Hall–Kier alpha value is -5.47. The number of imide groups is 1. The molecule has 6 unspecified atom stereocenters. The molecule has 0 radical (unpaired) electrons. The molecule has 52 heavy (non-hydrogen) atoms. The average Bonchev–Trinajstić information content (AvgIpc) is 3.41. The highest BCUT2D eigenvalue weighted by atomic mass is 35.5. The fraction of sp³-hybridized carbons (Fsp3) is 0.256. The minimum Gasteiger partial charge on any atom is -0.508 e. The average molecular weight is 714 g/mol. The molecule has 1 saturated heterocycles. The number of ketones is 2. The van der Waals surface area contributed by atoms with Crippen LogP contribution in [0.5, 0.6) is 17.2 Å². The maximum Gasteiger partial charge on any atom is 0.233 e. The number of hydrogen-bond acceptors (Lipinski definition) is 7. The number of amides is 2. The van der Waals surface area contributed by atoms with Gasteiger partial charge in [-0.05, 0) is 77.8 Å². The molecule has 9 heteroatoms. The normalized spacial score (nSPS) is 26.7. The molecule has 6 atom stereocenters. The number of likely N-dealkylation sites (tertiary alicyclic amines) is 1. The lowest BCUT2D eigenvalue weighted by molar-refractivity contribution is -0.140. The zero-order valence-corrected chi connectivity index (χ0v) is 29.1. The highest BCUT2D eigenvalue weighted by Gasteiger charge is 2.66. The van der Waals surface area contributed by atoms with E-state index in [0.717, 1.165) is 11.1 Å². The van der Waals surface area contributed by atoms with Gasteiger partial charge in [0.25, 0.3) is 0 Å². The molecule has 1 aliphatic heterocycles. The Morgan fingerprint density at radius 3 is 2.25 bits per heavy atom. The van der Waals surface area contributed by atoms with Gasteiger partial charge in [-0.1, -0.05) is 96.0 Å². The third kappa shape index (κ3) is 5.11. The first-order valence-electron chi connectivity index (χ1n) is 17.5. The van der Waals surface area contributed by atoms with E-state index in [4.69, 9.17) is 16.3 Å². The second-order valence-corrected chi connectivity index (χ2v) is 14.5. The minimum absolute atomic E-state index is 0.0214. The summed E-state index contributed by atoms with van der Waals surface area (Å²) in [6.07, 6.45) is 4.36. The van der Waals surface area contributed by atoms with E-state index in [0.29, 0.717) is 35.1 Å². The molecule has 4 aromatic rings. The van der Waals surface area contributed by atoms with Crippen molar-refractivity contribution >= 4 is 40.6 Å². The van der Waals surface area contributed by atoms with Crippen LogP contribution in [0.25, 0.3) is 5.57 Å². The van der Waals surface area contributed by atoms with Crippen molar-refractivity contribution in [3.63, 3.8) is 0 Å². The van der Waals surface area contributed by atoms with E-state index in [1.165, 1.54) is 18.1 Å². The van der Waals surface area contributed by atoms with Gasteiger partial charge < -0.3 is 14.9 Å². The van der Waals surface area contributed by atoms with E-state index in [1.54, 1.807) is 36.4 Å². The van der Waals surface area contributed by atoms with Crippen molar-refractivity contribution in [3.05, 3.63) is 142 Å². The zero-order chi connectivity index (χ0) is 36.3. The van der Waals surface area contributed by atoms with Crippen LogP contribution in [0.15, 0.2) is 115 Å². The van der Waals surface area contributed by atoms with Gasteiger partial charge in [-0.25, -0.2) is 0 Å². The smallest absolute Gasteiger partial charge is 0.233 e. The Morgan fingerprint density at radius 1 is 0.865 bits per heavy atom. The van der Waals surface area contributed by atoms with Crippen molar-refractivity contribution in [3.8, 4) is 17.2 Å². The van der Waals surface area contributed by atoms with Crippen molar-refractivity contribution in [2.45, 2.75) is 30.6 Å². The number of methoxy groups -OCH3 is 1. The van der Waals surface area contributed by atoms with Gasteiger partial charge >= 0.3 is 0 Å². The number of hydrogen-bond donors (Lipinski definition) is 2. The third-order valence-corrected chi connectivity index (χ3v) is 11.9. The number of carbonyl (C=O) groups is 4. The second-order valence-electron chi connectivity index (χ2n) is 14.1. The number of rotatable bonds is 7. The molecule has 4 aliphatic rings. The van der Waals surface area contributed by atoms with Crippen LogP contribution in [0.4, 0.5) is 0 Å². The summed E-state index contributed by atoms with van der Waals surface area (Å²) >= 11 is 6.64. The lowest BCUT2D eigenvalue weighted by atomic mass is 9.44. The van der Waals surface area contributed by atoms with Crippen molar-refractivity contribution in [2.75, 3.05) is 13.7 Å². The van der Waals surface area contributed by atoms with E-state index >= 15 is 9.59 Å². The quantitative estimate of drug-likeness (QED) is 0.159. The predicted octanol–water partition coefficient (Wildman–Crippen LogP) is 6.83. The monoisotopic (exact) mass is 713 g/mol. The Labute approximate surface area is 306 Å². The molecule has 2 amide bonds. The largest absolute Gasteiger partial charge is 0.508 e. The summed E-state index contributed by atoms with van der Waals surface area (Å²) in [5, 5.41) is 20.5. The number of allylic oxidation sites excluding steroid dienone is 4. The van der Waals surface area contributed by atoms with E-state index in [-0.39, 0.29) is 58.6 Å². The third-order valence-electron chi connectivity index (χ3n) is 11.6. The molecule has 0 aromatic heterocycles. The van der Waals surface area contributed by atoms with Gasteiger partial charge in [0.05, 0.1) is 29.4 Å². The summed E-state index contributed by atoms with van der Waals surface area (Å²) in [4.78, 5) is 60.0. The van der Waals surface area contributed by atoms with Gasteiger partial charge in [0.2, 0.25) is 11.8 Å². The molecule has 1 heterocycles. The van der Waals surface area contributed by atoms with Crippen molar-refractivity contribution < 1.29 is 34.1 Å². The van der Waals surface area contributed by atoms with Crippen molar-refractivity contribution in [1.29, 1.82) is 0 Å². The van der Waals surface area contributed by atoms with E-state index < -0.39 is 35.0 Å². The van der Waals surface area contributed by atoms with Crippen LogP contribution in [0.3, 0.4) is 0 Å². The first kappa shape index (κ1) is 33.7. The number of benzene rings is 4. The highest BCUT2D eigenvalue weighted by molar-refractivity contribution is 6.33. The maximum absolute atomic E-state index is 15.2. The molecular weight excluding hydrogens is 678 g/mol. The lowest BCUT2D eigenvalue weighted by Crippen LogP contribution is -2.58. The number of Topliss-reactive ketones (excluding diaryl/α,β-unsaturated/α-hetero) is 1. The number of aromatic hydroxyl groups is 2. The predicted molar refractivity (Wildman–Crippen MR) is 195 cm³/mol. The number of fused-ring (bicyclic) bond motifs is 4. The first-order chi connectivity index (χ1) is 25.1. The highest BCUT2D eigenvalue weighted by Crippen LogP contribution is 2.64. The Bertz CT molecular complexity index is 2180. The Kier molecular flexibility index (Phi) is 8.38. The number of phenols is 2. The van der Waals surface area contributed by atoms with Crippen LogP contribution < -0.4 is 4.74 Å². The summed E-state index contributed by atoms with van der Waals surface area (Å²) in [6.45, 7) is 0.182. The lowest BCUT2D eigenvalue weighted by Gasteiger charge is -2.55. The van der Waals surface area contributed by atoms with Crippen LogP contribution in [-0.2, 0) is 31.0 Å². The standard InChI is InChI=1S/C43H36ClNO7/c1-52-35-21-26(20-34(44)40(35)49)38-29-16-17-30-37(42(51)45(41(30)50)19-18-24-12-14-28(46)15-13-24)32(29)22-33-39(48)31(25-8-4-2-5-9-25)23-36(47)43(33,38)27-10-6-3-7-11-27/h2-16,20-21,23,30,32-33,37-38,46,49H,17-19,22H2,1H3. The molecular formula is C43H36ClNO7. The zero-order valence-electron chi connectivity index (χ0n) is 28.4. The van der Waals surface area contributed by atoms with Crippen molar-refractivity contribution in [1.82, 2.24) is 4.90 Å². The van der Waals surface area contributed by atoms with Gasteiger partial charge in [0.1, 0.15) is 5.75 Å². The number of ether oxygens (including phenoxy) is 1. The number of nitrogens with zero attached hydrogens (tertiary/aromatic N) is 1. The topological polar surface area (TPSA) is 121 Å². The number of phenolic OH excluding ortho intramolecular Hbond substituents is 2. The van der Waals surface area contributed by atoms with Crippen LogP contribution in [-0.4, -0.2) is 52.1 Å². The molecule has 4 aromatic carbocycles. The van der Waals surface area contributed by atoms with Gasteiger partial charge in [-0.15, -0.1) is 0 Å². The molecule has 1 saturated carbocycles. The fourth-order valence-electron chi connectivity index (χ4n) is 9.35. The van der Waals surface area contributed by atoms with Crippen molar-refractivity contribution in [2.24, 2.45) is 23.7 Å². The summed E-state index contributed by atoms with van der Waals surface area (Å²) in [5.41, 5.74) is 2.39. The van der Waals surface area contributed by atoms with Gasteiger partial charge in [-0.2, -0.15) is 0 Å². The summed E-state index contributed by atoms with van der Waals surface area (Å²) in [7, 11) is 1.42. The minimum atomic E-state index is -1.43. The molecule has 0 bridgehead atoms. The Morgan fingerprint density at radius 2 is 1.56 bits per heavy atom. The van der Waals surface area contributed by atoms with Crippen LogP contribution in [0.1, 0.15) is 41.0 Å². The molecule has 8 rings (SSSR count). The maximum atomic E-state index is 15.2. The van der Waals surface area contributed by atoms with Crippen LogP contribution in [0, 0.1) is 23.7 Å². The van der Waals surface area contributed by atoms with Gasteiger partial charge in [0.15, 0.2) is 23.1 Å². The molecule has 0 spiro atoms. The molecule has 2 fully saturated rings. The second kappa shape index (κ2) is 12.9. The fourth-order valence-corrected chi connectivity index (χ4v) is 9.57. The van der Waals surface area contributed by atoms with E-state index in [1.807, 2.05) is 66.7 Å². The number of carbonyl (C=O) groups excluding carboxylic acids is 4. The van der Waals surface area contributed by atoms with E-state index in [2.05, 4.69) is 0 Å². The molecule has 262 valence electrons. The van der Waals surface area contributed by atoms with Gasteiger partial charge in [-0.3, -0.25) is 24.1 Å². The van der Waals surface area contributed by atoms with Crippen LogP contribution in [0.2, 0.25) is 5.02 Å². The van der Waals surface area contributed by atoms with E-state index in [9.17, 15) is 19.8 Å².